The SMILES string of the molecule is COC(=O)C1CCN(C2CCC3(CC2CS(=O)(=O)c2ccccc2)OCCO3)C1=O. The predicted molar refractivity (Wildman–Crippen MR) is 106 cm³/mol. The van der Waals surface area contributed by atoms with Crippen LogP contribution in [-0.4, -0.2) is 69.6 Å². The number of likely N-dealkylation sites (tertiary alicyclic amines) is 1. The molecule has 0 bridgehead atoms. The molecule has 1 amide bonds. The van der Waals surface area contributed by atoms with Gasteiger partial charge in [0.15, 0.2) is 15.6 Å². The minimum absolute atomic E-state index is 0.108. The zero-order valence-electron chi connectivity index (χ0n) is 17.0. The summed E-state index contributed by atoms with van der Waals surface area (Å²) in [6, 6.07) is 8.04. The Kier molecular flexibility index (Phi) is 5.87. The van der Waals surface area contributed by atoms with Gasteiger partial charge in [0.1, 0.15) is 5.92 Å². The molecule has 1 spiro atoms. The number of carbonyl (C=O) groups is 2. The fourth-order valence-electron chi connectivity index (χ4n) is 4.98. The molecule has 1 aromatic rings. The maximum absolute atomic E-state index is 13.1. The van der Waals surface area contributed by atoms with E-state index in [1.807, 2.05) is 0 Å². The van der Waals surface area contributed by atoms with Gasteiger partial charge in [-0.15, -0.1) is 0 Å². The molecule has 2 heterocycles. The van der Waals surface area contributed by atoms with Gasteiger partial charge in [-0.25, -0.2) is 8.42 Å². The van der Waals surface area contributed by atoms with E-state index in [4.69, 9.17) is 14.2 Å². The van der Waals surface area contributed by atoms with Crippen LogP contribution in [0.4, 0.5) is 0 Å². The third-order valence-electron chi connectivity index (χ3n) is 6.41. The lowest BCUT2D eigenvalue weighted by molar-refractivity contribution is -0.195. The molecule has 3 fully saturated rings. The third kappa shape index (κ3) is 3.98. The number of rotatable bonds is 5. The van der Waals surface area contributed by atoms with Crippen molar-refractivity contribution < 1.29 is 32.2 Å². The maximum atomic E-state index is 13.1. The zero-order chi connectivity index (χ0) is 21.4. The van der Waals surface area contributed by atoms with Crippen molar-refractivity contribution in [2.24, 2.45) is 11.8 Å². The van der Waals surface area contributed by atoms with Crippen LogP contribution in [0.2, 0.25) is 0 Å². The molecule has 4 rings (SSSR count). The smallest absolute Gasteiger partial charge is 0.318 e. The van der Waals surface area contributed by atoms with Gasteiger partial charge >= 0.3 is 5.97 Å². The Morgan fingerprint density at radius 3 is 2.57 bits per heavy atom. The van der Waals surface area contributed by atoms with Crippen molar-refractivity contribution in [1.82, 2.24) is 4.90 Å². The molecular formula is C21H27NO7S. The highest BCUT2D eigenvalue weighted by Crippen LogP contribution is 2.43. The van der Waals surface area contributed by atoms with E-state index in [0.717, 1.165) is 0 Å². The van der Waals surface area contributed by atoms with E-state index in [2.05, 4.69) is 0 Å². The lowest BCUT2D eigenvalue weighted by Crippen LogP contribution is -2.52. The number of nitrogens with zero attached hydrogens (tertiary/aromatic N) is 1. The van der Waals surface area contributed by atoms with Gasteiger partial charge in [-0.3, -0.25) is 9.59 Å². The normalized spacial score (nSPS) is 28.8. The Morgan fingerprint density at radius 2 is 1.90 bits per heavy atom. The maximum Gasteiger partial charge on any atom is 0.318 e. The Labute approximate surface area is 176 Å². The predicted octanol–water partition coefficient (Wildman–Crippen LogP) is 1.39. The first kappa shape index (κ1) is 21.3. The molecule has 9 heteroatoms. The van der Waals surface area contributed by atoms with Crippen molar-refractivity contribution in [3.05, 3.63) is 30.3 Å². The van der Waals surface area contributed by atoms with Crippen LogP contribution in [0.15, 0.2) is 35.2 Å². The molecule has 0 N–H and O–H groups in total. The molecule has 0 radical (unpaired) electrons. The highest BCUT2D eigenvalue weighted by atomic mass is 32.2. The molecule has 3 aliphatic rings. The lowest BCUT2D eigenvalue weighted by Gasteiger charge is -2.44. The monoisotopic (exact) mass is 437 g/mol. The first-order valence-electron chi connectivity index (χ1n) is 10.3. The minimum Gasteiger partial charge on any atom is -0.468 e. The van der Waals surface area contributed by atoms with E-state index in [-0.39, 0.29) is 28.5 Å². The second kappa shape index (κ2) is 8.28. The lowest BCUT2D eigenvalue weighted by atomic mass is 9.80. The summed E-state index contributed by atoms with van der Waals surface area (Å²) in [6.45, 7) is 1.38. The molecule has 8 nitrogen and oxygen atoms in total. The fraction of sp³-hybridized carbons (Fsp3) is 0.619. The van der Waals surface area contributed by atoms with Crippen LogP contribution in [-0.2, 0) is 33.6 Å². The summed E-state index contributed by atoms with van der Waals surface area (Å²) in [5.41, 5.74) is 0. The summed E-state index contributed by atoms with van der Waals surface area (Å²) < 4.78 is 42.7. The number of carbonyl (C=O) groups excluding carboxylic acids is 2. The highest BCUT2D eigenvalue weighted by molar-refractivity contribution is 7.91. The standard InChI is InChI=1S/C21H27NO7S/c1-27-20(24)17-8-10-22(19(17)23)18-7-9-21(28-11-12-29-21)13-15(18)14-30(25,26)16-5-3-2-4-6-16/h2-6,15,17-18H,7-14H2,1H3. The second-order valence-electron chi connectivity index (χ2n) is 8.17. The van der Waals surface area contributed by atoms with Crippen LogP contribution in [0.25, 0.3) is 0 Å². The number of sulfone groups is 1. The van der Waals surface area contributed by atoms with Crippen LogP contribution in [0, 0.1) is 11.8 Å². The van der Waals surface area contributed by atoms with Crippen molar-refractivity contribution >= 4 is 21.7 Å². The van der Waals surface area contributed by atoms with E-state index >= 15 is 0 Å². The van der Waals surface area contributed by atoms with Crippen LogP contribution in [0.1, 0.15) is 25.7 Å². The van der Waals surface area contributed by atoms with Gasteiger partial charge in [0.2, 0.25) is 5.91 Å². The molecule has 1 aromatic carbocycles. The van der Waals surface area contributed by atoms with Gasteiger partial charge in [0, 0.05) is 25.4 Å². The van der Waals surface area contributed by atoms with Crippen LogP contribution < -0.4 is 0 Å². The van der Waals surface area contributed by atoms with Crippen molar-refractivity contribution in [2.45, 2.75) is 42.4 Å². The molecule has 1 aliphatic carbocycles. The summed E-state index contributed by atoms with van der Waals surface area (Å²) >= 11 is 0. The van der Waals surface area contributed by atoms with E-state index < -0.39 is 27.5 Å². The number of benzene rings is 1. The Bertz CT molecular complexity index is 895. The van der Waals surface area contributed by atoms with Gasteiger partial charge in [-0.2, -0.15) is 0 Å². The van der Waals surface area contributed by atoms with Crippen LogP contribution in [0.5, 0.6) is 0 Å². The highest BCUT2D eigenvalue weighted by Gasteiger charge is 2.51. The van der Waals surface area contributed by atoms with E-state index in [9.17, 15) is 18.0 Å². The van der Waals surface area contributed by atoms with Gasteiger partial charge in [0.05, 0.1) is 31.0 Å². The number of hydrogen-bond acceptors (Lipinski definition) is 7. The van der Waals surface area contributed by atoms with Crippen molar-refractivity contribution in [3.63, 3.8) is 0 Å². The molecular weight excluding hydrogens is 410 g/mol. The molecule has 3 unspecified atom stereocenters. The van der Waals surface area contributed by atoms with Crippen molar-refractivity contribution in [2.75, 3.05) is 32.6 Å². The molecule has 1 saturated carbocycles. The fourth-order valence-corrected chi connectivity index (χ4v) is 6.65. The first-order valence-corrected chi connectivity index (χ1v) is 11.9. The molecule has 0 aromatic heterocycles. The first-order chi connectivity index (χ1) is 14.4. The van der Waals surface area contributed by atoms with E-state index in [1.165, 1.54) is 7.11 Å². The Hall–Kier alpha value is -1.97. The Morgan fingerprint density at radius 1 is 1.20 bits per heavy atom. The van der Waals surface area contributed by atoms with Gasteiger partial charge in [-0.1, -0.05) is 18.2 Å². The zero-order valence-corrected chi connectivity index (χ0v) is 17.8. The van der Waals surface area contributed by atoms with Gasteiger partial charge in [-0.05, 0) is 30.9 Å². The van der Waals surface area contributed by atoms with Gasteiger partial charge in [0.25, 0.3) is 0 Å². The van der Waals surface area contributed by atoms with Crippen LogP contribution >= 0.6 is 0 Å². The average Bonchev–Trinajstić information content (AvgIpc) is 3.35. The Balaban J connectivity index is 1.59. The number of amides is 1. The summed E-state index contributed by atoms with van der Waals surface area (Å²) in [6.07, 6.45) is 1.94. The summed E-state index contributed by atoms with van der Waals surface area (Å²) in [5, 5.41) is 0. The topological polar surface area (TPSA) is 99.2 Å². The van der Waals surface area contributed by atoms with Crippen LogP contribution in [0.3, 0.4) is 0 Å². The largest absolute Gasteiger partial charge is 0.468 e. The molecule has 2 saturated heterocycles. The second-order valence-corrected chi connectivity index (χ2v) is 10.2. The molecule has 2 aliphatic heterocycles. The molecule has 3 atom stereocenters. The number of esters is 1. The minimum atomic E-state index is -3.56. The van der Waals surface area contributed by atoms with E-state index in [0.29, 0.717) is 45.4 Å². The van der Waals surface area contributed by atoms with Gasteiger partial charge < -0.3 is 19.1 Å². The quantitative estimate of drug-likeness (QED) is 0.507. The van der Waals surface area contributed by atoms with Crippen molar-refractivity contribution in [3.8, 4) is 0 Å². The third-order valence-corrected chi connectivity index (χ3v) is 8.27. The average molecular weight is 438 g/mol. The summed E-state index contributed by atoms with van der Waals surface area (Å²) in [4.78, 5) is 26.8. The summed E-state index contributed by atoms with van der Waals surface area (Å²) in [5.74, 6) is -2.87. The number of methoxy groups -OCH3 is 1. The van der Waals surface area contributed by atoms with E-state index in [1.54, 1.807) is 35.2 Å². The molecule has 30 heavy (non-hydrogen) atoms. The number of ether oxygens (including phenoxy) is 3. The van der Waals surface area contributed by atoms with Crippen molar-refractivity contribution in [1.29, 1.82) is 0 Å². The number of hydrogen-bond donors (Lipinski definition) is 0. The molecule has 164 valence electrons. The summed E-state index contributed by atoms with van der Waals surface area (Å²) in [7, 11) is -2.29.